The van der Waals surface area contributed by atoms with Gasteiger partial charge in [-0.05, 0) is 18.2 Å². The molecule has 0 unspecified atom stereocenters. The summed E-state index contributed by atoms with van der Waals surface area (Å²) in [6, 6.07) is 5.84. The minimum Gasteiger partial charge on any atom is -0.463 e. The maximum Gasteiger partial charge on any atom is 0.149 e. The summed E-state index contributed by atoms with van der Waals surface area (Å²) in [6.45, 7) is 3.53. The number of hydrogen-bond donors (Lipinski definition) is 0. The maximum absolute atomic E-state index is 5.25. The van der Waals surface area contributed by atoms with Crippen molar-refractivity contribution in [3.63, 3.8) is 0 Å². The summed E-state index contributed by atoms with van der Waals surface area (Å²) in [6.07, 6.45) is 1.43. The molecule has 3 heteroatoms. The molecule has 1 aromatic rings. The van der Waals surface area contributed by atoms with Crippen LogP contribution in [0.15, 0.2) is 35.5 Å². The van der Waals surface area contributed by atoms with Crippen molar-refractivity contribution in [1.29, 1.82) is 0 Å². The van der Waals surface area contributed by atoms with Gasteiger partial charge in [-0.15, -0.1) is 0 Å². The van der Waals surface area contributed by atoms with Gasteiger partial charge in [0.15, 0.2) is 0 Å². The third-order valence-corrected chi connectivity index (χ3v) is 2.11. The van der Waals surface area contributed by atoms with Gasteiger partial charge in [0.2, 0.25) is 0 Å². The van der Waals surface area contributed by atoms with E-state index in [0.29, 0.717) is 0 Å². The van der Waals surface area contributed by atoms with Crippen LogP contribution in [0.25, 0.3) is 0 Å². The number of ether oxygens (including phenoxy) is 1. The Morgan fingerprint density at radius 3 is 2.69 bits per heavy atom. The van der Waals surface area contributed by atoms with E-state index >= 15 is 0 Å². The van der Waals surface area contributed by atoms with Crippen molar-refractivity contribution in [2.75, 3.05) is 19.0 Å². The monoisotopic (exact) mass is 241 g/mol. The molecule has 0 heterocycles. The van der Waals surface area contributed by atoms with E-state index in [1.54, 1.807) is 0 Å². The Labute approximate surface area is 86.9 Å². The molecule has 0 aliphatic heterocycles. The van der Waals surface area contributed by atoms with E-state index in [2.05, 4.69) is 22.5 Å². The fourth-order valence-electron chi connectivity index (χ4n) is 1.03. The molecule has 0 bridgehead atoms. The zero-order valence-corrected chi connectivity index (χ0v) is 9.34. The van der Waals surface area contributed by atoms with Crippen LogP contribution in [0.1, 0.15) is 0 Å². The molecule has 1 rings (SSSR count). The highest BCUT2D eigenvalue weighted by Gasteiger charge is 2.04. The summed E-state index contributed by atoms with van der Waals surface area (Å²) in [5.41, 5.74) is 1.02. The average molecular weight is 242 g/mol. The first-order chi connectivity index (χ1) is 6.15. The molecule has 0 aliphatic rings. The van der Waals surface area contributed by atoms with Gasteiger partial charge in [-0.1, -0.05) is 22.5 Å². The van der Waals surface area contributed by atoms with Crippen LogP contribution in [0, 0.1) is 0 Å². The van der Waals surface area contributed by atoms with Crippen LogP contribution >= 0.6 is 15.9 Å². The van der Waals surface area contributed by atoms with Crippen LogP contribution in [0.3, 0.4) is 0 Å². The molecule has 1 aromatic carbocycles. The van der Waals surface area contributed by atoms with E-state index in [9.17, 15) is 0 Å². The third-order valence-electron chi connectivity index (χ3n) is 1.61. The van der Waals surface area contributed by atoms with Gasteiger partial charge < -0.3 is 9.64 Å². The van der Waals surface area contributed by atoms with Gasteiger partial charge in [-0.3, -0.25) is 0 Å². The van der Waals surface area contributed by atoms with E-state index in [4.69, 9.17) is 4.74 Å². The second kappa shape index (κ2) is 4.33. The predicted molar refractivity (Wildman–Crippen MR) is 59.3 cm³/mol. The van der Waals surface area contributed by atoms with Gasteiger partial charge in [0.05, 0.1) is 11.9 Å². The highest BCUT2D eigenvalue weighted by Crippen LogP contribution is 2.30. The molecule has 0 atom stereocenters. The zero-order valence-electron chi connectivity index (χ0n) is 7.75. The molecule has 0 amide bonds. The SMILES string of the molecule is C=COc1ccc(Br)cc1N(C)C. The third kappa shape index (κ3) is 2.49. The topological polar surface area (TPSA) is 12.5 Å². The Bertz CT molecular complexity index is 310. The van der Waals surface area contributed by atoms with Gasteiger partial charge in [0.25, 0.3) is 0 Å². The van der Waals surface area contributed by atoms with E-state index < -0.39 is 0 Å². The quantitative estimate of drug-likeness (QED) is 0.755. The van der Waals surface area contributed by atoms with Crippen molar-refractivity contribution < 1.29 is 4.74 Å². The molecule has 0 saturated heterocycles. The van der Waals surface area contributed by atoms with E-state index in [0.717, 1.165) is 15.9 Å². The van der Waals surface area contributed by atoms with Gasteiger partial charge >= 0.3 is 0 Å². The number of hydrogen-bond acceptors (Lipinski definition) is 2. The number of halogens is 1. The molecule has 0 fully saturated rings. The van der Waals surface area contributed by atoms with Crippen molar-refractivity contribution in [2.24, 2.45) is 0 Å². The van der Waals surface area contributed by atoms with E-state index in [1.165, 1.54) is 6.26 Å². The summed E-state index contributed by atoms with van der Waals surface area (Å²) < 4.78 is 6.29. The Balaban J connectivity index is 3.10. The van der Waals surface area contributed by atoms with Gasteiger partial charge in [-0.2, -0.15) is 0 Å². The number of nitrogens with zero attached hydrogens (tertiary/aromatic N) is 1. The van der Waals surface area contributed by atoms with Crippen LogP contribution in [0.2, 0.25) is 0 Å². The summed E-state index contributed by atoms with van der Waals surface area (Å²) in [5.74, 6) is 0.809. The fraction of sp³-hybridized carbons (Fsp3) is 0.200. The highest BCUT2D eigenvalue weighted by atomic mass is 79.9. The minimum atomic E-state index is 0.809. The maximum atomic E-state index is 5.25. The average Bonchev–Trinajstić information content (AvgIpc) is 2.08. The summed E-state index contributed by atoms with van der Waals surface area (Å²) in [5, 5.41) is 0. The molecule has 70 valence electrons. The van der Waals surface area contributed by atoms with Crippen molar-refractivity contribution in [2.45, 2.75) is 0 Å². The standard InChI is InChI=1S/C10H12BrNO/c1-4-13-10-6-5-8(11)7-9(10)12(2)3/h4-7H,1H2,2-3H3. The lowest BCUT2D eigenvalue weighted by Crippen LogP contribution is -2.09. The first-order valence-electron chi connectivity index (χ1n) is 3.89. The van der Waals surface area contributed by atoms with Crippen LogP contribution < -0.4 is 9.64 Å². The number of anilines is 1. The second-order valence-electron chi connectivity index (χ2n) is 2.79. The largest absolute Gasteiger partial charge is 0.463 e. The van der Waals surface area contributed by atoms with E-state index in [1.807, 2.05) is 37.2 Å². The lowest BCUT2D eigenvalue weighted by molar-refractivity contribution is 0.483. The Morgan fingerprint density at radius 1 is 1.46 bits per heavy atom. The Morgan fingerprint density at radius 2 is 2.15 bits per heavy atom. The molecule has 0 saturated carbocycles. The van der Waals surface area contributed by atoms with Gasteiger partial charge in [0, 0.05) is 18.6 Å². The predicted octanol–water partition coefficient (Wildman–Crippen LogP) is 3.04. The normalized spacial score (nSPS) is 9.46. The molecule has 0 N–H and O–H groups in total. The summed E-state index contributed by atoms with van der Waals surface area (Å²) >= 11 is 3.41. The molecular formula is C10H12BrNO. The van der Waals surface area contributed by atoms with Gasteiger partial charge in [0.1, 0.15) is 5.75 Å². The molecule has 13 heavy (non-hydrogen) atoms. The van der Waals surface area contributed by atoms with Crippen LogP contribution in [0.4, 0.5) is 5.69 Å². The number of rotatable bonds is 3. The Hall–Kier alpha value is -0.960. The molecule has 0 radical (unpaired) electrons. The number of benzene rings is 1. The molecule has 0 aliphatic carbocycles. The lowest BCUT2D eigenvalue weighted by atomic mass is 10.3. The van der Waals surface area contributed by atoms with Crippen molar-refractivity contribution in [1.82, 2.24) is 0 Å². The van der Waals surface area contributed by atoms with E-state index in [-0.39, 0.29) is 0 Å². The van der Waals surface area contributed by atoms with Gasteiger partial charge in [-0.25, -0.2) is 0 Å². The molecule has 0 aromatic heterocycles. The smallest absolute Gasteiger partial charge is 0.149 e. The first-order valence-corrected chi connectivity index (χ1v) is 4.69. The fourth-order valence-corrected chi connectivity index (χ4v) is 1.38. The molecule has 2 nitrogen and oxygen atoms in total. The summed E-state index contributed by atoms with van der Waals surface area (Å²) in [7, 11) is 3.94. The molecular weight excluding hydrogens is 230 g/mol. The highest BCUT2D eigenvalue weighted by molar-refractivity contribution is 9.10. The first kappa shape index (κ1) is 10.1. The van der Waals surface area contributed by atoms with Crippen LogP contribution in [0.5, 0.6) is 5.75 Å². The summed E-state index contributed by atoms with van der Waals surface area (Å²) in [4.78, 5) is 1.99. The second-order valence-corrected chi connectivity index (χ2v) is 3.71. The van der Waals surface area contributed by atoms with Crippen LogP contribution in [-0.2, 0) is 0 Å². The van der Waals surface area contributed by atoms with Crippen molar-refractivity contribution in [3.8, 4) is 5.75 Å². The minimum absolute atomic E-state index is 0.809. The Kier molecular flexibility index (Phi) is 3.37. The van der Waals surface area contributed by atoms with Crippen molar-refractivity contribution in [3.05, 3.63) is 35.5 Å². The van der Waals surface area contributed by atoms with Crippen LogP contribution in [-0.4, -0.2) is 14.1 Å². The molecule has 0 spiro atoms. The van der Waals surface area contributed by atoms with Crippen molar-refractivity contribution >= 4 is 21.6 Å². The zero-order chi connectivity index (χ0) is 9.84. The lowest BCUT2D eigenvalue weighted by Gasteiger charge is -2.16.